The number of carbonyl (C=O) groups is 2. The average molecular weight is 270 g/mol. The largest absolute Gasteiger partial charge is 0.301 e. The number of rotatable bonds is 2. The highest BCUT2D eigenvalue weighted by Gasteiger charge is 2.35. The zero-order chi connectivity index (χ0) is 12.6. The van der Waals surface area contributed by atoms with Crippen molar-refractivity contribution in [3.63, 3.8) is 0 Å². The first-order valence-electron chi connectivity index (χ1n) is 4.98. The minimum absolute atomic E-state index is 0.286. The van der Waals surface area contributed by atoms with Crippen molar-refractivity contribution in [2.45, 2.75) is 6.92 Å². The van der Waals surface area contributed by atoms with Crippen molar-refractivity contribution in [2.75, 3.05) is 11.4 Å². The zero-order valence-corrected chi connectivity index (χ0v) is 10.5. The molecule has 1 aromatic rings. The highest BCUT2D eigenvalue weighted by molar-refractivity contribution is 6.52. The van der Waals surface area contributed by atoms with Crippen LogP contribution in [0.1, 0.15) is 17.3 Å². The number of benzene rings is 1. The topological polar surface area (TPSA) is 37.4 Å². The van der Waals surface area contributed by atoms with Gasteiger partial charge in [0.05, 0.1) is 11.3 Å². The summed E-state index contributed by atoms with van der Waals surface area (Å²) in [6.07, 6.45) is 1.68. The highest BCUT2D eigenvalue weighted by Crippen LogP contribution is 2.31. The van der Waals surface area contributed by atoms with Crippen LogP contribution in [0.4, 0.5) is 5.69 Å². The molecule has 0 radical (unpaired) electrons. The Labute approximate surface area is 109 Å². The van der Waals surface area contributed by atoms with Gasteiger partial charge in [0.1, 0.15) is 0 Å². The minimum Gasteiger partial charge on any atom is -0.301 e. The van der Waals surface area contributed by atoms with Crippen molar-refractivity contribution < 1.29 is 9.59 Å². The van der Waals surface area contributed by atoms with Gasteiger partial charge in [-0.1, -0.05) is 29.3 Å². The van der Waals surface area contributed by atoms with Crippen LogP contribution in [-0.2, 0) is 4.79 Å². The molecule has 0 spiro atoms. The summed E-state index contributed by atoms with van der Waals surface area (Å²) in [4.78, 5) is 24.8. The third-order valence-electron chi connectivity index (χ3n) is 2.49. The first-order chi connectivity index (χ1) is 8.00. The van der Waals surface area contributed by atoms with E-state index in [9.17, 15) is 9.59 Å². The number of halogens is 2. The zero-order valence-electron chi connectivity index (χ0n) is 9.04. The van der Waals surface area contributed by atoms with E-state index >= 15 is 0 Å². The Balaban J connectivity index is 2.41. The van der Waals surface area contributed by atoms with Crippen LogP contribution in [-0.4, -0.2) is 18.2 Å². The van der Waals surface area contributed by atoms with E-state index in [-0.39, 0.29) is 6.54 Å². The van der Waals surface area contributed by atoms with Crippen molar-refractivity contribution in [1.82, 2.24) is 0 Å². The first kappa shape index (κ1) is 12.1. The highest BCUT2D eigenvalue weighted by atomic mass is 35.5. The van der Waals surface area contributed by atoms with E-state index < -0.39 is 11.7 Å². The van der Waals surface area contributed by atoms with Crippen LogP contribution in [0.3, 0.4) is 0 Å². The van der Waals surface area contributed by atoms with Gasteiger partial charge in [-0.2, -0.15) is 0 Å². The molecular formula is C12H9Cl2NO2. The van der Waals surface area contributed by atoms with Gasteiger partial charge in [0, 0.05) is 16.6 Å². The number of fused-ring (bicyclic) bond motifs is 1. The molecule has 0 aliphatic carbocycles. The lowest BCUT2D eigenvalue weighted by atomic mass is 10.1. The molecule has 0 aromatic heterocycles. The van der Waals surface area contributed by atoms with E-state index in [4.69, 9.17) is 23.2 Å². The van der Waals surface area contributed by atoms with Crippen molar-refractivity contribution in [2.24, 2.45) is 0 Å². The van der Waals surface area contributed by atoms with E-state index in [1.807, 2.05) is 0 Å². The molecule has 1 aliphatic heterocycles. The Bertz CT molecular complexity index is 533. The normalized spacial score (nSPS) is 15.5. The third-order valence-corrected chi connectivity index (χ3v) is 2.88. The molecule has 1 aromatic carbocycles. The average Bonchev–Trinajstić information content (AvgIpc) is 2.50. The fourth-order valence-electron chi connectivity index (χ4n) is 1.67. The van der Waals surface area contributed by atoms with Gasteiger partial charge in [-0.05, 0) is 25.1 Å². The fourth-order valence-corrected chi connectivity index (χ4v) is 1.91. The predicted octanol–water partition coefficient (Wildman–Crippen LogP) is 3.01. The standard InChI is InChI=1S/C12H9Cl2NO2/c1-7(13)4-5-15-10-3-2-8(14)6-9(10)11(16)12(15)17/h2-4,6H,5H2,1H3/b7-4+. The minimum atomic E-state index is -0.545. The number of allylic oxidation sites excluding steroid dienone is 1. The first-order valence-corrected chi connectivity index (χ1v) is 5.74. The molecule has 17 heavy (non-hydrogen) atoms. The summed E-state index contributed by atoms with van der Waals surface area (Å²) in [5, 5.41) is 1.02. The summed E-state index contributed by atoms with van der Waals surface area (Å²) in [6, 6.07) is 4.82. The Hall–Kier alpha value is -1.32. The second-order valence-electron chi connectivity index (χ2n) is 3.70. The Morgan fingerprint density at radius 3 is 2.76 bits per heavy atom. The van der Waals surface area contributed by atoms with E-state index in [1.54, 1.807) is 25.1 Å². The number of Topliss-reactive ketones (excluding diaryl/α,β-unsaturated/α-hetero) is 1. The van der Waals surface area contributed by atoms with Crippen LogP contribution in [0.5, 0.6) is 0 Å². The quantitative estimate of drug-likeness (QED) is 0.774. The number of nitrogens with zero attached hydrogens (tertiary/aromatic N) is 1. The van der Waals surface area contributed by atoms with Gasteiger partial charge in [0.25, 0.3) is 11.7 Å². The van der Waals surface area contributed by atoms with Gasteiger partial charge in [-0.15, -0.1) is 0 Å². The Morgan fingerprint density at radius 2 is 2.12 bits per heavy atom. The fraction of sp³-hybridized carbons (Fsp3) is 0.167. The van der Waals surface area contributed by atoms with Gasteiger partial charge in [0.2, 0.25) is 0 Å². The molecule has 88 valence electrons. The van der Waals surface area contributed by atoms with Crippen molar-refractivity contribution >= 4 is 40.6 Å². The molecule has 0 N–H and O–H groups in total. The molecule has 0 bridgehead atoms. The smallest absolute Gasteiger partial charge is 0.299 e. The summed E-state index contributed by atoms with van der Waals surface area (Å²) in [5.41, 5.74) is 0.932. The van der Waals surface area contributed by atoms with Crippen molar-refractivity contribution in [3.05, 3.63) is 39.9 Å². The maximum absolute atomic E-state index is 11.7. The van der Waals surface area contributed by atoms with Crippen LogP contribution in [0.15, 0.2) is 29.3 Å². The lowest BCUT2D eigenvalue weighted by Gasteiger charge is -2.13. The van der Waals surface area contributed by atoms with Gasteiger partial charge in [-0.25, -0.2) is 0 Å². The molecule has 0 fully saturated rings. The maximum Gasteiger partial charge on any atom is 0.299 e. The van der Waals surface area contributed by atoms with Crippen molar-refractivity contribution in [3.8, 4) is 0 Å². The molecule has 0 saturated heterocycles. The lowest BCUT2D eigenvalue weighted by Crippen LogP contribution is -2.29. The second-order valence-corrected chi connectivity index (χ2v) is 4.73. The van der Waals surface area contributed by atoms with E-state index in [0.29, 0.717) is 21.3 Å². The molecule has 0 saturated carbocycles. The molecule has 1 heterocycles. The predicted molar refractivity (Wildman–Crippen MR) is 67.7 cm³/mol. The summed E-state index contributed by atoms with van der Waals surface area (Å²) < 4.78 is 0. The molecular weight excluding hydrogens is 261 g/mol. The summed E-state index contributed by atoms with van der Waals surface area (Å²) in [7, 11) is 0. The van der Waals surface area contributed by atoms with Gasteiger partial charge in [-0.3, -0.25) is 9.59 Å². The molecule has 5 heteroatoms. The monoisotopic (exact) mass is 269 g/mol. The third kappa shape index (κ3) is 2.21. The van der Waals surface area contributed by atoms with Crippen LogP contribution in [0.2, 0.25) is 5.02 Å². The molecule has 3 nitrogen and oxygen atoms in total. The number of amides is 1. The number of carbonyl (C=O) groups excluding carboxylic acids is 2. The summed E-state index contributed by atoms with van der Waals surface area (Å²) in [5.74, 6) is -1.07. The molecule has 1 aliphatic rings. The number of anilines is 1. The second kappa shape index (κ2) is 4.51. The van der Waals surface area contributed by atoms with E-state index in [1.165, 1.54) is 11.0 Å². The summed E-state index contributed by atoms with van der Waals surface area (Å²) in [6.45, 7) is 2.00. The van der Waals surface area contributed by atoms with Crippen LogP contribution in [0, 0.1) is 0 Å². The van der Waals surface area contributed by atoms with Crippen LogP contribution >= 0.6 is 23.2 Å². The number of ketones is 1. The Kier molecular flexibility index (Phi) is 3.22. The molecule has 2 rings (SSSR count). The van der Waals surface area contributed by atoms with Crippen LogP contribution < -0.4 is 4.90 Å². The van der Waals surface area contributed by atoms with E-state index in [0.717, 1.165) is 0 Å². The van der Waals surface area contributed by atoms with Gasteiger partial charge >= 0.3 is 0 Å². The SMILES string of the molecule is C/C(Cl)=C\CN1C(=O)C(=O)c2cc(Cl)ccc21. The number of hydrogen-bond donors (Lipinski definition) is 0. The lowest BCUT2D eigenvalue weighted by molar-refractivity contribution is -0.114. The molecule has 0 atom stereocenters. The maximum atomic E-state index is 11.7. The number of hydrogen-bond acceptors (Lipinski definition) is 2. The molecule has 0 unspecified atom stereocenters. The Morgan fingerprint density at radius 1 is 1.41 bits per heavy atom. The van der Waals surface area contributed by atoms with Gasteiger partial charge < -0.3 is 4.90 Å². The van der Waals surface area contributed by atoms with Gasteiger partial charge in [0.15, 0.2) is 0 Å². The summed E-state index contributed by atoms with van der Waals surface area (Å²) >= 11 is 11.5. The van der Waals surface area contributed by atoms with Crippen molar-refractivity contribution in [1.29, 1.82) is 0 Å². The van der Waals surface area contributed by atoms with E-state index in [2.05, 4.69) is 0 Å². The molecule has 1 amide bonds. The van der Waals surface area contributed by atoms with Crippen LogP contribution in [0.25, 0.3) is 0 Å².